The SMILES string of the molecule is CN[C@@H](C)C(=O)N[C@H]1CN(C(C)=O)c2ccccc2N(Cc2c(C)ccc3ccccc23)C1=O.Cl. The minimum absolute atomic E-state index is 0. The predicted molar refractivity (Wildman–Crippen MR) is 142 cm³/mol. The van der Waals surface area contributed by atoms with Crippen LogP contribution in [-0.4, -0.2) is 43.4 Å². The highest BCUT2D eigenvalue weighted by Gasteiger charge is 2.36. The molecule has 0 unspecified atom stereocenters. The van der Waals surface area contributed by atoms with E-state index in [4.69, 9.17) is 0 Å². The Balaban J connectivity index is 0.00000342. The van der Waals surface area contributed by atoms with Crippen LogP contribution in [0.4, 0.5) is 11.4 Å². The second-order valence-electron chi connectivity index (χ2n) is 8.70. The van der Waals surface area contributed by atoms with Crippen molar-refractivity contribution in [2.75, 3.05) is 23.4 Å². The summed E-state index contributed by atoms with van der Waals surface area (Å²) in [6, 6.07) is 18.3. The van der Waals surface area contributed by atoms with Crippen LogP contribution in [0.25, 0.3) is 10.8 Å². The Morgan fingerprint density at radius 2 is 1.69 bits per heavy atom. The minimum atomic E-state index is -0.880. The van der Waals surface area contributed by atoms with Crippen LogP contribution in [0.15, 0.2) is 60.7 Å². The van der Waals surface area contributed by atoms with Gasteiger partial charge >= 0.3 is 0 Å². The topological polar surface area (TPSA) is 81.8 Å². The molecule has 0 saturated heterocycles. The summed E-state index contributed by atoms with van der Waals surface area (Å²) in [6.45, 7) is 5.62. The number of halogens is 1. The van der Waals surface area contributed by atoms with Crippen LogP contribution in [0.3, 0.4) is 0 Å². The second-order valence-corrected chi connectivity index (χ2v) is 8.70. The minimum Gasteiger partial charge on any atom is -0.341 e. The van der Waals surface area contributed by atoms with Crippen LogP contribution in [0.5, 0.6) is 0 Å². The Bertz CT molecular complexity index is 1260. The fourth-order valence-corrected chi connectivity index (χ4v) is 4.40. The molecule has 2 atom stereocenters. The van der Waals surface area contributed by atoms with Crippen LogP contribution < -0.4 is 20.4 Å². The van der Waals surface area contributed by atoms with Crippen molar-refractivity contribution in [2.24, 2.45) is 0 Å². The highest BCUT2D eigenvalue weighted by atomic mass is 35.5. The third-order valence-corrected chi connectivity index (χ3v) is 6.51. The van der Waals surface area contributed by atoms with Crippen LogP contribution in [-0.2, 0) is 20.9 Å². The number of hydrogen-bond donors (Lipinski definition) is 2. The number of benzene rings is 3. The summed E-state index contributed by atoms with van der Waals surface area (Å²) in [7, 11) is 1.69. The van der Waals surface area contributed by atoms with Gasteiger partial charge in [-0.05, 0) is 54.9 Å². The van der Waals surface area contributed by atoms with Gasteiger partial charge in [-0.2, -0.15) is 0 Å². The summed E-state index contributed by atoms with van der Waals surface area (Å²) < 4.78 is 0. The lowest BCUT2D eigenvalue weighted by atomic mass is 9.99. The fourth-order valence-electron chi connectivity index (χ4n) is 4.40. The lowest BCUT2D eigenvalue weighted by Crippen LogP contribution is -2.55. The first-order valence-corrected chi connectivity index (χ1v) is 11.4. The third-order valence-electron chi connectivity index (χ3n) is 6.51. The molecule has 1 aliphatic rings. The van der Waals surface area contributed by atoms with Crippen molar-refractivity contribution >= 4 is 52.3 Å². The van der Waals surface area contributed by atoms with Crippen LogP contribution >= 0.6 is 12.4 Å². The van der Waals surface area contributed by atoms with E-state index in [1.807, 2.05) is 43.3 Å². The van der Waals surface area contributed by atoms with Gasteiger partial charge in [0, 0.05) is 6.92 Å². The molecule has 0 radical (unpaired) electrons. The van der Waals surface area contributed by atoms with Crippen molar-refractivity contribution in [3.63, 3.8) is 0 Å². The molecule has 0 aromatic heterocycles. The third kappa shape index (κ3) is 5.16. The molecule has 0 fully saturated rings. The Morgan fingerprint density at radius 3 is 2.37 bits per heavy atom. The molecule has 3 aromatic carbocycles. The van der Waals surface area contributed by atoms with E-state index >= 15 is 0 Å². The van der Waals surface area contributed by atoms with E-state index in [2.05, 4.69) is 34.9 Å². The maximum Gasteiger partial charge on any atom is 0.251 e. The van der Waals surface area contributed by atoms with Gasteiger partial charge in [0.2, 0.25) is 11.8 Å². The average Bonchev–Trinajstić information content (AvgIpc) is 2.95. The number of rotatable bonds is 5. The van der Waals surface area contributed by atoms with Crippen molar-refractivity contribution in [1.29, 1.82) is 0 Å². The van der Waals surface area contributed by atoms with Crippen LogP contribution in [0.1, 0.15) is 25.0 Å². The molecule has 35 heavy (non-hydrogen) atoms. The largest absolute Gasteiger partial charge is 0.341 e. The molecule has 0 saturated carbocycles. The van der Waals surface area contributed by atoms with Gasteiger partial charge in [0.05, 0.1) is 30.5 Å². The number of hydrogen-bond acceptors (Lipinski definition) is 4. The van der Waals surface area contributed by atoms with E-state index in [-0.39, 0.29) is 36.7 Å². The molecular weight excluding hydrogens is 464 g/mol. The number of amides is 3. The fraction of sp³-hybridized carbons (Fsp3) is 0.296. The van der Waals surface area contributed by atoms with E-state index in [1.54, 1.807) is 23.8 Å². The van der Waals surface area contributed by atoms with E-state index < -0.39 is 12.1 Å². The predicted octanol–water partition coefficient (Wildman–Crippen LogP) is 3.56. The van der Waals surface area contributed by atoms with Gasteiger partial charge in [-0.25, -0.2) is 0 Å². The lowest BCUT2D eigenvalue weighted by molar-refractivity contribution is -0.128. The van der Waals surface area contributed by atoms with Crippen molar-refractivity contribution in [1.82, 2.24) is 10.6 Å². The highest BCUT2D eigenvalue weighted by molar-refractivity contribution is 6.08. The molecule has 4 rings (SSSR count). The van der Waals surface area contributed by atoms with Crippen molar-refractivity contribution in [2.45, 2.75) is 39.4 Å². The lowest BCUT2D eigenvalue weighted by Gasteiger charge is -2.27. The molecular formula is C27H31ClN4O3. The van der Waals surface area contributed by atoms with Gasteiger partial charge in [0.1, 0.15) is 6.04 Å². The quantitative estimate of drug-likeness (QED) is 0.568. The molecule has 2 N–H and O–H groups in total. The molecule has 3 aromatic rings. The zero-order valence-corrected chi connectivity index (χ0v) is 21.2. The normalized spacial score (nSPS) is 16.2. The molecule has 3 amide bonds. The zero-order valence-electron chi connectivity index (χ0n) is 20.4. The molecule has 8 heteroatoms. The van der Waals surface area contributed by atoms with Gasteiger partial charge in [-0.3, -0.25) is 14.4 Å². The molecule has 7 nitrogen and oxygen atoms in total. The average molecular weight is 495 g/mol. The first kappa shape index (κ1) is 26.2. The number of nitrogens with one attached hydrogen (secondary N) is 2. The Labute approximate surface area is 211 Å². The number of carbonyl (C=O) groups is 3. The number of anilines is 2. The van der Waals surface area contributed by atoms with E-state index in [1.165, 1.54) is 6.92 Å². The first-order valence-electron chi connectivity index (χ1n) is 11.4. The standard InChI is InChI=1S/C27H30N4O3.ClH/c1-17-13-14-20-9-5-6-10-21(20)22(17)15-31-25-12-8-7-11-24(25)30(19(3)32)16-23(27(31)34)29-26(33)18(2)28-4;/h5-14,18,23,28H,15-16H2,1-4H3,(H,29,33);1H/t18-,23-;/m0./s1. The Hall–Kier alpha value is -3.42. The molecule has 0 bridgehead atoms. The maximum absolute atomic E-state index is 13.9. The van der Waals surface area contributed by atoms with Crippen molar-refractivity contribution in [3.05, 3.63) is 71.8 Å². The molecule has 0 spiro atoms. The van der Waals surface area contributed by atoms with Gasteiger partial charge in [0.25, 0.3) is 5.91 Å². The van der Waals surface area contributed by atoms with Crippen molar-refractivity contribution < 1.29 is 14.4 Å². The maximum atomic E-state index is 13.9. The number of nitrogens with zero attached hydrogens (tertiary/aromatic N) is 2. The van der Waals surface area contributed by atoms with Crippen molar-refractivity contribution in [3.8, 4) is 0 Å². The summed E-state index contributed by atoms with van der Waals surface area (Å²) in [5.41, 5.74) is 3.40. The monoisotopic (exact) mass is 494 g/mol. The Kier molecular flexibility index (Phi) is 8.14. The van der Waals surface area contributed by atoms with E-state index in [0.29, 0.717) is 17.9 Å². The van der Waals surface area contributed by atoms with E-state index in [0.717, 1.165) is 21.9 Å². The summed E-state index contributed by atoms with van der Waals surface area (Å²) in [6.07, 6.45) is 0. The molecule has 1 aliphatic heterocycles. The summed E-state index contributed by atoms with van der Waals surface area (Å²) >= 11 is 0. The van der Waals surface area contributed by atoms with Gasteiger partial charge in [-0.15, -0.1) is 12.4 Å². The van der Waals surface area contributed by atoms with Gasteiger partial charge in [0.15, 0.2) is 0 Å². The summed E-state index contributed by atoms with van der Waals surface area (Å²) in [5.74, 6) is -0.735. The first-order chi connectivity index (χ1) is 16.3. The summed E-state index contributed by atoms with van der Waals surface area (Å²) in [4.78, 5) is 42.5. The number of fused-ring (bicyclic) bond motifs is 2. The van der Waals surface area contributed by atoms with E-state index in [9.17, 15) is 14.4 Å². The number of carbonyl (C=O) groups excluding carboxylic acids is 3. The Morgan fingerprint density at radius 1 is 1.03 bits per heavy atom. The van der Waals surface area contributed by atoms with Gasteiger partial charge in [-0.1, -0.05) is 48.5 Å². The smallest absolute Gasteiger partial charge is 0.251 e. The molecule has 0 aliphatic carbocycles. The number of likely N-dealkylation sites (N-methyl/N-ethyl adjacent to an activating group) is 1. The number of aryl methyl sites for hydroxylation is 1. The van der Waals surface area contributed by atoms with Crippen LogP contribution in [0, 0.1) is 6.92 Å². The van der Waals surface area contributed by atoms with Gasteiger partial charge < -0.3 is 20.4 Å². The zero-order chi connectivity index (χ0) is 24.4. The molecule has 184 valence electrons. The molecule has 1 heterocycles. The number of para-hydroxylation sites is 2. The second kappa shape index (κ2) is 10.9. The highest BCUT2D eigenvalue weighted by Crippen LogP contribution is 2.35. The summed E-state index contributed by atoms with van der Waals surface area (Å²) in [5, 5.41) is 7.93. The van der Waals surface area contributed by atoms with Crippen LogP contribution in [0.2, 0.25) is 0 Å².